The lowest BCUT2D eigenvalue weighted by atomic mass is 10.2. The molecule has 0 spiro atoms. The number of phenolic OH excluding ortho intramolecular Hbond substituents is 3. The molecule has 0 aliphatic rings. The van der Waals surface area contributed by atoms with Crippen LogP contribution in [0.4, 0.5) is 5.69 Å². The Morgan fingerprint density at radius 3 is 2.45 bits per heavy atom. The van der Waals surface area contributed by atoms with Crippen LogP contribution in [0.3, 0.4) is 0 Å². The van der Waals surface area contributed by atoms with Gasteiger partial charge in [0.25, 0.3) is 0 Å². The average molecular weight is 273 g/mol. The van der Waals surface area contributed by atoms with Crippen LogP contribution in [0.1, 0.15) is 15.9 Å². The second-order valence-corrected chi connectivity index (χ2v) is 3.98. The summed E-state index contributed by atoms with van der Waals surface area (Å²) in [6.45, 7) is 0. The van der Waals surface area contributed by atoms with E-state index in [-0.39, 0.29) is 34.1 Å². The molecule has 0 heterocycles. The molecule has 20 heavy (non-hydrogen) atoms. The minimum atomic E-state index is -1.15. The van der Waals surface area contributed by atoms with Gasteiger partial charge in [-0.2, -0.15) is 0 Å². The lowest BCUT2D eigenvalue weighted by molar-refractivity contribution is 0.0696. The van der Waals surface area contributed by atoms with E-state index in [4.69, 9.17) is 5.11 Å². The van der Waals surface area contributed by atoms with E-state index in [1.807, 2.05) is 0 Å². The fourth-order valence-electron chi connectivity index (χ4n) is 1.56. The lowest BCUT2D eigenvalue weighted by Gasteiger charge is -2.02. The maximum atomic E-state index is 10.7. The number of carboxylic acids is 1. The quantitative estimate of drug-likeness (QED) is 0.506. The van der Waals surface area contributed by atoms with Crippen molar-refractivity contribution in [2.45, 2.75) is 0 Å². The molecule has 6 heteroatoms. The van der Waals surface area contributed by atoms with Crippen LogP contribution in [0.15, 0.2) is 41.4 Å². The summed E-state index contributed by atoms with van der Waals surface area (Å²) in [7, 11) is 0. The smallest absolute Gasteiger partial charge is 0.335 e. The Labute approximate surface area is 113 Å². The topological polar surface area (TPSA) is 110 Å². The predicted octanol–water partition coefficient (Wildman–Crippen LogP) is 2.25. The summed E-state index contributed by atoms with van der Waals surface area (Å²) in [5.74, 6) is -2.04. The molecule has 6 nitrogen and oxygen atoms in total. The number of carbonyl (C=O) groups is 1. The summed E-state index contributed by atoms with van der Waals surface area (Å²) in [5, 5.41) is 37.3. The van der Waals surface area contributed by atoms with Crippen molar-refractivity contribution in [2.24, 2.45) is 4.99 Å². The van der Waals surface area contributed by atoms with E-state index in [0.717, 1.165) is 6.07 Å². The molecule has 0 saturated heterocycles. The summed E-state index contributed by atoms with van der Waals surface area (Å²) < 4.78 is 0. The van der Waals surface area contributed by atoms with Crippen LogP contribution < -0.4 is 0 Å². The van der Waals surface area contributed by atoms with E-state index in [9.17, 15) is 20.1 Å². The number of rotatable bonds is 3. The fraction of sp³-hybridized carbons (Fsp3) is 0. The predicted molar refractivity (Wildman–Crippen MR) is 72.1 cm³/mol. The van der Waals surface area contributed by atoms with E-state index >= 15 is 0 Å². The van der Waals surface area contributed by atoms with Gasteiger partial charge in [0.1, 0.15) is 11.4 Å². The molecule has 0 aliphatic heterocycles. The van der Waals surface area contributed by atoms with E-state index in [1.54, 1.807) is 0 Å². The van der Waals surface area contributed by atoms with Gasteiger partial charge >= 0.3 is 5.97 Å². The monoisotopic (exact) mass is 273 g/mol. The third-order valence-corrected chi connectivity index (χ3v) is 2.61. The molecule has 2 aromatic rings. The number of para-hydroxylation sites is 1. The van der Waals surface area contributed by atoms with E-state index < -0.39 is 5.97 Å². The molecule has 0 unspecified atom stereocenters. The molecule has 4 N–H and O–H groups in total. The highest BCUT2D eigenvalue weighted by molar-refractivity contribution is 5.90. The molecule has 2 aromatic carbocycles. The molecule has 0 fully saturated rings. The number of nitrogens with zero attached hydrogens (tertiary/aromatic N) is 1. The molecule has 0 aliphatic carbocycles. The number of phenols is 3. The highest BCUT2D eigenvalue weighted by Gasteiger charge is 2.07. The Morgan fingerprint density at radius 1 is 1.05 bits per heavy atom. The van der Waals surface area contributed by atoms with E-state index in [2.05, 4.69) is 4.99 Å². The zero-order valence-corrected chi connectivity index (χ0v) is 10.2. The van der Waals surface area contributed by atoms with Gasteiger partial charge in [-0.3, -0.25) is 4.99 Å². The largest absolute Gasteiger partial charge is 0.506 e. The van der Waals surface area contributed by atoms with Gasteiger partial charge in [-0.1, -0.05) is 6.07 Å². The molecule has 0 atom stereocenters. The summed E-state index contributed by atoms with van der Waals surface area (Å²) >= 11 is 0. The number of benzene rings is 2. The Balaban J connectivity index is 2.32. The van der Waals surface area contributed by atoms with Crippen LogP contribution in [-0.2, 0) is 0 Å². The van der Waals surface area contributed by atoms with Crippen molar-refractivity contribution in [3.8, 4) is 17.2 Å². The van der Waals surface area contributed by atoms with Crippen molar-refractivity contribution in [1.29, 1.82) is 0 Å². The second-order valence-electron chi connectivity index (χ2n) is 3.98. The molecular weight excluding hydrogens is 262 g/mol. The number of aromatic carboxylic acids is 1. The summed E-state index contributed by atoms with van der Waals surface area (Å²) in [5.41, 5.74) is 0.367. The van der Waals surface area contributed by atoms with E-state index in [0.29, 0.717) is 0 Å². The first-order valence-electron chi connectivity index (χ1n) is 5.60. The van der Waals surface area contributed by atoms with Gasteiger partial charge < -0.3 is 20.4 Å². The van der Waals surface area contributed by atoms with Gasteiger partial charge in [0.15, 0.2) is 11.5 Å². The molecule has 0 amide bonds. The second kappa shape index (κ2) is 5.31. The Kier molecular flexibility index (Phi) is 3.56. The van der Waals surface area contributed by atoms with Crippen LogP contribution in [0.5, 0.6) is 17.2 Å². The molecule has 0 saturated carbocycles. The van der Waals surface area contributed by atoms with Crippen molar-refractivity contribution in [1.82, 2.24) is 0 Å². The standard InChI is InChI=1S/C14H11NO5/c16-11-3-1-2-9(13(11)18)7-15-10-5-4-8(14(19)20)6-12(10)17/h1-7,16-18H,(H,19,20). The SMILES string of the molecule is O=C(O)c1ccc(N=Cc2cccc(O)c2O)c(O)c1. The Bertz CT molecular complexity index is 694. The molecule has 0 bridgehead atoms. The Hall–Kier alpha value is -3.02. The van der Waals surface area contributed by atoms with Gasteiger partial charge in [0, 0.05) is 11.8 Å². The maximum absolute atomic E-state index is 10.7. The minimum Gasteiger partial charge on any atom is -0.506 e. The van der Waals surface area contributed by atoms with Crippen LogP contribution in [0, 0.1) is 0 Å². The number of hydrogen-bond donors (Lipinski definition) is 4. The molecule has 0 radical (unpaired) electrons. The Morgan fingerprint density at radius 2 is 1.80 bits per heavy atom. The molecule has 102 valence electrons. The average Bonchev–Trinajstić information content (AvgIpc) is 2.41. The van der Waals surface area contributed by atoms with Gasteiger partial charge in [0.2, 0.25) is 0 Å². The molecule has 0 aromatic heterocycles. The van der Waals surface area contributed by atoms with Crippen LogP contribution in [0.2, 0.25) is 0 Å². The van der Waals surface area contributed by atoms with Gasteiger partial charge in [0.05, 0.1) is 5.56 Å². The van der Waals surface area contributed by atoms with Gasteiger partial charge in [-0.15, -0.1) is 0 Å². The number of hydrogen-bond acceptors (Lipinski definition) is 5. The highest BCUT2D eigenvalue weighted by atomic mass is 16.4. The molecule has 2 rings (SSSR count). The van der Waals surface area contributed by atoms with Gasteiger partial charge in [-0.05, 0) is 30.3 Å². The van der Waals surface area contributed by atoms with Gasteiger partial charge in [-0.25, -0.2) is 4.79 Å². The summed E-state index contributed by atoms with van der Waals surface area (Å²) in [6.07, 6.45) is 1.25. The fourth-order valence-corrected chi connectivity index (χ4v) is 1.56. The third kappa shape index (κ3) is 2.69. The van der Waals surface area contributed by atoms with E-state index in [1.165, 1.54) is 36.5 Å². The number of aliphatic imine (C=N–C) groups is 1. The van der Waals surface area contributed by atoms with Crippen molar-refractivity contribution >= 4 is 17.9 Å². The van der Waals surface area contributed by atoms with Crippen molar-refractivity contribution in [3.63, 3.8) is 0 Å². The maximum Gasteiger partial charge on any atom is 0.335 e. The van der Waals surface area contributed by atoms with Crippen molar-refractivity contribution < 1.29 is 25.2 Å². The first-order valence-corrected chi connectivity index (χ1v) is 5.60. The van der Waals surface area contributed by atoms with Crippen molar-refractivity contribution in [2.75, 3.05) is 0 Å². The first kappa shape index (κ1) is 13.4. The number of carboxylic acid groups (broad SMARTS) is 1. The lowest BCUT2D eigenvalue weighted by Crippen LogP contribution is -1.94. The summed E-state index contributed by atoms with van der Waals surface area (Å²) in [4.78, 5) is 14.7. The summed E-state index contributed by atoms with van der Waals surface area (Å²) in [6, 6.07) is 8.11. The third-order valence-electron chi connectivity index (χ3n) is 2.61. The zero-order valence-electron chi connectivity index (χ0n) is 10.2. The molecular formula is C14H11NO5. The minimum absolute atomic E-state index is 0.0540. The zero-order chi connectivity index (χ0) is 14.7. The first-order chi connectivity index (χ1) is 9.49. The normalized spacial score (nSPS) is 10.8. The van der Waals surface area contributed by atoms with Crippen LogP contribution >= 0.6 is 0 Å². The van der Waals surface area contributed by atoms with Crippen LogP contribution in [-0.4, -0.2) is 32.6 Å². The van der Waals surface area contributed by atoms with Crippen LogP contribution in [0.25, 0.3) is 0 Å². The highest BCUT2D eigenvalue weighted by Crippen LogP contribution is 2.30. The number of aromatic hydroxyl groups is 3. The van der Waals surface area contributed by atoms with Crippen molar-refractivity contribution in [3.05, 3.63) is 47.5 Å².